The molecule has 0 radical (unpaired) electrons. The molecule has 6 aromatic rings. The molecule has 8 heterocycles. The van der Waals surface area contributed by atoms with Crippen LogP contribution in [0, 0.1) is 0 Å². The molecule has 0 atom stereocenters. The Morgan fingerprint density at radius 2 is 1.10 bits per heavy atom. The Morgan fingerprint density at radius 1 is 0.644 bits per heavy atom. The average Bonchev–Trinajstić information content (AvgIpc) is 3.82. The largest absolute Gasteiger partial charge is 0.497 e. The van der Waals surface area contributed by atoms with Crippen LogP contribution in [0.2, 0.25) is 0 Å². The standard InChI is InChI=1S/C24H23N3O3.C23H21N3O3/c1-27-12-24(13-27)10-20-21(23(28)26-24)17-8-5-15-11-25-19(9-18(15)22(17)30-20)14-3-6-16(29-2)7-4-14;1-28-15-5-2-13(3-6-15)18-8-17-14(10-25-18)4-7-16-20-19(29-21(16)17)9-23(11-24-12-23)26-22(20)27/h3-4,6-7,9,11H,5,8,10,12-13H2,1-2H3,(H,26,28);2-3,5-6,8,10,24H,4,7,9,11-12H2,1H3,(H,26,27). The van der Waals surface area contributed by atoms with Crippen LogP contribution in [-0.4, -0.2) is 85.2 Å². The molecular weight excluding hydrogens is 745 g/mol. The molecule has 12 rings (SSSR count). The van der Waals surface area contributed by atoms with E-state index in [9.17, 15) is 9.59 Å². The van der Waals surface area contributed by atoms with E-state index in [0.717, 1.165) is 155 Å². The van der Waals surface area contributed by atoms with Gasteiger partial charge in [-0.3, -0.25) is 19.6 Å². The maximum Gasteiger partial charge on any atom is 0.255 e. The number of nitrogens with one attached hydrogen (secondary N) is 3. The Bertz CT molecular complexity index is 2690. The topological polar surface area (TPSA) is 144 Å². The fourth-order valence-corrected chi connectivity index (χ4v) is 10.00. The minimum atomic E-state index is -0.181. The number of likely N-dealkylation sites (tertiary alicyclic amines) is 1. The quantitative estimate of drug-likeness (QED) is 0.200. The van der Waals surface area contributed by atoms with Gasteiger partial charge in [-0.15, -0.1) is 0 Å². The number of aromatic nitrogens is 2. The van der Waals surface area contributed by atoms with Crippen molar-refractivity contribution < 1.29 is 27.9 Å². The number of aryl methyl sites for hydroxylation is 2. The van der Waals surface area contributed by atoms with Gasteiger partial charge in [-0.05, 0) is 105 Å². The number of ether oxygens (including phenoxy) is 2. The number of furan rings is 2. The van der Waals surface area contributed by atoms with Crippen molar-refractivity contribution in [2.45, 2.75) is 49.6 Å². The van der Waals surface area contributed by atoms with E-state index in [2.05, 4.69) is 50.0 Å². The molecule has 2 aromatic carbocycles. The summed E-state index contributed by atoms with van der Waals surface area (Å²) in [5.41, 5.74) is 11.5. The second-order valence-electron chi connectivity index (χ2n) is 16.9. The van der Waals surface area contributed by atoms with Gasteiger partial charge in [-0.25, -0.2) is 0 Å². The van der Waals surface area contributed by atoms with E-state index < -0.39 is 0 Å². The number of nitrogens with zero attached hydrogens (tertiary/aromatic N) is 3. The number of pyridine rings is 2. The van der Waals surface area contributed by atoms with Gasteiger partial charge in [-0.2, -0.15) is 0 Å². The number of likely N-dealkylation sites (N-methyl/N-ethyl adjacent to an activating group) is 1. The number of benzene rings is 2. The van der Waals surface area contributed by atoms with Crippen LogP contribution in [0.1, 0.15) is 54.5 Å². The minimum absolute atomic E-state index is 0.00522. The summed E-state index contributed by atoms with van der Waals surface area (Å²) >= 11 is 0. The number of hydrogen-bond donors (Lipinski definition) is 3. The number of carbonyl (C=O) groups is 2. The fraction of sp³-hybridized carbons (Fsp3) is 0.319. The van der Waals surface area contributed by atoms with Crippen LogP contribution in [0.3, 0.4) is 0 Å². The van der Waals surface area contributed by atoms with Crippen molar-refractivity contribution in [1.29, 1.82) is 0 Å². The maximum absolute atomic E-state index is 13.0. The van der Waals surface area contributed by atoms with Crippen LogP contribution < -0.4 is 25.4 Å². The van der Waals surface area contributed by atoms with Crippen molar-refractivity contribution in [1.82, 2.24) is 30.8 Å². The number of fused-ring (bicyclic) bond motifs is 10. The summed E-state index contributed by atoms with van der Waals surface area (Å²) in [5.74, 6) is 5.01. The first kappa shape index (κ1) is 35.9. The van der Waals surface area contributed by atoms with Gasteiger partial charge in [0.2, 0.25) is 0 Å². The zero-order valence-electron chi connectivity index (χ0n) is 33.3. The summed E-state index contributed by atoms with van der Waals surface area (Å²) in [6.07, 6.45) is 8.75. The molecule has 2 fully saturated rings. The predicted molar refractivity (Wildman–Crippen MR) is 221 cm³/mol. The fourth-order valence-electron chi connectivity index (χ4n) is 10.00. The molecule has 2 spiro atoms. The lowest BCUT2D eigenvalue weighted by molar-refractivity contribution is 0.0451. The zero-order chi connectivity index (χ0) is 40.0. The van der Waals surface area contributed by atoms with E-state index in [1.54, 1.807) is 14.2 Å². The molecule has 12 heteroatoms. The van der Waals surface area contributed by atoms with Crippen molar-refractivity contribution in [2.75, 3.05) is 47.4 Å². The summed E-state index contributed by atoms with van der Waals surface area (Å²) in [6, 6.07) is 19.9. The highest BCUT2D eigenvalue weighted by Crippen LogP contribution is 2.45. The molecule has 12 nitrogen and oxygen atoms in total. The summed E-state index contributed by atoms with van der Waals surface area (Å²) in [7, 11) is 5.39. The van der Waals surface area contributed by atoms with Crippen molar-refractivity contribution in [3.05, 3.63) is 118 Å². The second kappa shape index (κ2) is 13.4. The SMILES string of the molecule is COc1ccc(-c2cc3c(cn2)CCc2c-3oc3c2C(=O)NC2(C3)CN(C)C2)cc1.COc1ccc(-c2cc3c(cn2)CCc2c-3oc3c2C(=O)NC2(CNC2)C3)cc1. The third-order valence-corrected chi connectivity index (χ3v) is 13.0. The first-order valence-corrected chi connectivity index (χ1v) is 20.3. The average molecular weight is 789 g/mol. The molecule has 4 aliphatic heterocycles. The number of hydrogen-bond acceptors (Lipinski definition) is 10. The Morgan fingerprint density at radius 3 is 1.53 bits per heavy atom. The smallest absolute Gasteiger partial charge is 0.255 e. The number of rotatable bonds is 4. The molecular formula is C47H44N6O6. The van der Waals surface area contributed by atoms with Crippen molar-refractivity contribution in [2.24, 2.45) is 0 Å². The second-order valence-corrected chi connectivity index (χ2v) is 16.9. The van der Waals surface area contributed by atoms with Crippen LogP contribution in [0.15, 0.2) is 81.9 Å². The van der Waals surface area contributed by atoms with Crippen molar-refractivity contribution in [3.8, 4) is 56.7 Å². The first-order chi connectivity index (χ1) is 28.7. The van der Waals surface area contributed by atoms with Gasteiger partial charge in [0.25, 0.3) is 11.8 Å². The van der Waals surface area contributed by atoms with Gasteiger partial charge in [-0.1, -0.05) is 0 Å². The Kier molecular flexibility index (Phi) is 8.15. The van der Waals surface area contributed by atoms with Gasteiger partial charge >= 0.3 is 0 Å². The number of amides is 2. The normalized spacial score (nSPS) is 18.6. The lowest BCUT2D eigenvalue weighted by Gasteiger charge is -2.50. The lowest BCUT2D eigenvalue weighted by Crippen LogP contribution is -2.71. The highest BCUT2D eigenvalue weighted by Gasteiger charge is 2.49. The molecule has 2 saturated heterocycles. The van der Waals surface area contributed by atoms with Gasteiger partial charge in [0.05, 0.1) is 47.8 Å². The first-order valence-electron chi connectivity index (χ1n) is 20.3. The third-order valence-electron chi connectivity index (χ3n) is 13.0. The number of methoxy groups -OCH3 is 2. The van der Waals surface area contributed by atoms with Crippen LogP contribution in [0.25, 0.3) is 45.2 Å². The van der Waals surface area contributed by atoms with E-state index in [0.29, 0.717) is 0 Å². The molecule has 3 N–H and O–H groups in total. The van der Waals surface area contributed by atoms with Crippen LogP contribution in [0.5, 0.6) is 11.5 Å². The van der Waals surface area contributed by atoms with Gasteiger partial charge < -0.3 is 39.2 Å². The zero-order valence-corrected chi connectivity index (χ0v) is 33.3. The Hall–Kier alpha value is -6.24. The van der Waals surface area contributed by atoms with E-state index >= 15 is 0 Å². The number of carbonyl (C=O) groups excluding carboxylic acids is 2. The summed E-state index contributed by atoms with van der Waals surface area (Å²) < 4.78 is 23.3. The maximum atomic E-state index is 13.0. The molecule has 0 bridgehead atoms. The highest BCUT2D eigenvalue weighted by molar-refractivity contribution is 6.01. The Labute approximate surface area is 341 Å². The molecule has 6 aliphatic rings. The highest BCUT2D eigenvalue weighted by atomic mass is 16.5. The van der Waals surface area contributed by atoms with Gasteiger partial charge in [0, 0.05) is 84.8 Å². The monoisotopic (exact) mass is 788 g/mol. The van der Waals surface area contributed by atoms with Crippen molar-refractivity contribution >= 4 is 11.8 Å². The van der Waals surface area contributed by atoms with E-state index in [1.807, 2.05) is 60.9 Å². The molecule has 0 unspecified atom stereocenters. The molecule has 59 heavy (non-hydrogen) atoms. The molecule has 2 amide bonds. The molecule has 2 aliphatic carbocycles. The van der Waals surface area contributed by atoms with E-state index in [4.69, 9.17) is 18.3 Å². The molecule has 4 aromatic heterocycles. The minimum Gasteiger partial charge on any atom is -0.497 e. The van der Waals surface area contributed by atoms with Crippen LogP contribution in [0.4, 0.5) is 0 Å². The van der Waals surface area contributed by atoms with Crippen LogP contribution >= 0.6 is 0 Å². The van der Waals surface area contributed by atoms with Gasteiger partial charge in [0.1, 0.15) is 34.5 Å². The molecule has 0 saturated carbocycles. The van der Waals surface area contributed by atoms with E-state index in [1.165, 1.54) is 11.1 Å². The van der Waals surface area contributed by atoms with Crippen molar-refractivity contribution in [3.63, 3.8) is 0 Å². The Balaban J connectivity index is 0.000000135. The summed E-state index contributed by atoms with van der Waals surface area (Å²) in [6.45, 7) is 3.33. The van der Waals surface area contributed by atoms with Gasteiger partial charge in [0.15, 0.2) is 0 Å². The summed E-state index contributed by atoms with van der Waals surface area (Å²) in [5, 5.41) is 9.73. The van der Waals surface area contributed by atoms with Crippen LogP contribution in [-0.2, 0) is 38.5 Å². The predicted octanol–water partition coefficient (Wildman–Crippen LogP) is 5.83. The third kappa shape index (κ3) is 5.87. The van der Waals surface area contributed by atoms with E-state index in [-0.39, 0.29) is 22.9 Å². The summed E-state index contributed by atoms with van der Waals surface area (Å²) in [4.78, 5) is 37.4. The lowest BCUT2D eigenvalue weighted by atomic mass is 9.80. The molecule has 298 valence electrons.